The average molecular weight is 651 g/mol. The summed E-state index contributed by atoms with van der Waals surface area (Å²) in [5.74, 6) is -0.592. The van der Waals surface area contributed by atoms with Crippen LogP contribution in [-0.2, 0) is 23.5 Å². The lowest BCUT2D eigenvalue weighted by Crippen LogP contribution is -2.60. The van der Waals surface area contributed by atoms with Crippen molar-refractivity contribution in [3.05, 3.63) is 94.4 Å². The average Bonchev–Trinajstić information content (AvgIpc) is 3.61. The number of fused-ring (bicyclic) bond motifs is 2. The van der Waals surface area contributed by atoms with Crippen molar-refractivity contribution in [2.75, 3.05) is 0 Å². The third-order valence-electron chi connectivity index (χ3n) is 9.40. The van der Waals surface area contributed by atoms with E-state index in [-0.39, 0.29) is 48.0 Å². The molecule has 0 spiro atoms. The summed E-state index contributed by atoms with van der Waals surface area (Å²) in [5.41, 5.74) is 1.26. The van der Waals surface area contributed by atoms with E-state index in [2.05, 4.69) is 15.2 Å². The Hall–Kier alpha value is -3.71. The number of allylic oxidation sites excluding steroid dienone is 1. The number of carbonyl (C=O) groups excluding carboxylic acids is 1. The van der Waals surface area contributed by atoms with Crippen molar-refractivity contribution in [2.24, 2.45) is 12.5 Å². The number of rotatable bonds is 7. The largest absolute Gasteiger partial charge is 0.390 e. The van der Waals surface area contributed by atoms with Crippen molar-refractivity contribution < 1.29 is 22.7 Å². The molecular formula is C32H32ClFN6O4S. The summed E-state index contributed by atoms with van der Waals surface area (Å²) in [5, 5.41) is 19.8. The Bertz CT molecular complexity index is 1950. The number of carbonyl (C=O) groups is 1. The van der Waals surface area contributed by atoms with Crippen molar-refractivity contribution in [1.82, 2.24) is 28.9 Å². The van der Waals surface area contributed by atoms with Gasteiger partial charge in [-0.15, -0.1) is 0 Å². The van der Waals surface area contributed by atoms with Gasteiger partial charge in [-0.1, -0.05) is 17.2 Å². The number of aryl methyl sites for hydroxylation is 1. The Labute approximate surface area is 265 Å². The smallest absolute Gasteiger partial charge is 0.262 e. The molecule has 234 valence electrons. The first-order chi connectivity index (χ1) is 21.4. The van der Waals surface area contributed by atoms with Crippen molar-refractivity contribution >= 4 is 33.5 Å². The third kappa shape index (κ3) is 5.13. The van der Waals surface area contributed by atoms with E-state index < -0.39 is 33.1 Å². The second kappa shape index (κ2) is 10.7. The standard InChI is InChI=1S/C32H32ClFN6O4S/c1-31(42)16-26(17-31)40(45(43,44)29-10-12-38(2)37-29)25-6-3-21-13-28-20(19-36-39(28)24-7-4-23(34)5-8-24)15-32(21,18-25)30(41)27-14-22(33)9-11-35-27/h4-5,7-14,19,25-26,42H,3,6,15-18H2,1-2H3/t25-,26-,31+,32-/m0/s1. The Balaban J connectivity index is 1.33. The van der Waals surface area contributed by atoms with Gasteiger partial charge in [0.15, 0.2) is 10.8 Å². The van der Waals surface area contributed by atoms with E-state index in [0.29, 0.717) is 23.6 Å². The number of pyridine rings is 1. The molecule has 3 heterocycles. The maximum absolute atomic E-state index is 14.6. The number of hydrogen-bond donors (Lipinski definition) is 1. The van der Waals surface area contributed by atoms with Crippen LogP contribution in [0.1, 0.15) is 60.8 Å². The van der Waals surface area contributed by atoms with Crippen molar-refractivity contribution in [1.29, 1.82) is 0 Å². The van der Waals surface area contributed by atoms with E-state index in [1.165, 1.54) is 33.4 Å². The van der Waals surface area contributed by atoms with Gasteiger partial charge in [0.25, 0.3) is 10.0 Å². The number of ketones is 1. The summed E-state index contributed by atoms with van der Waals surface area (Å²) in [7, 11) is -2.41. The monoisotopic (exact) mass is 650 g/mol. The van der Waals surface area contributed by atoms with Crippen molar-refractivity contribution in [3.8, 4) is 5.69 Å². The fourth-order valence-corrected chi connectivity index (χ4v) is 9.28. The summed E-state index contributed by atoms with van der Waals surface area (Å²) in [6.45, 7) is 1.70. The zero-order valence-electron chi connectivity index (χ0n) is 24.8. The highest BCUT2D eigenvalue weighted by atomic mass is 35.5. The fourth-order valence-electron chi connectivity index (χ4n) is 7.33. The number of hydrogen-bond acceptors (Lipinski definition) is 7. The highest BCUT2D eigenvalue weighted by molar-refractivity contribution is 7.89. The maximum atomic E-state index is 14.6. The number of sulfonamides is 1. The topological polar surface area (TPSA) is 123 Å². The number of Topliss-reactive ketones (excluding diaryl/α,β-unsaturated/α-hetero) is 1. The molecule has 1 aromatic carbocycles. The Kier molecular flexibility index (Phi) is 7.12. The summed E-state index contributed by atoms with van der Waals surface area (Å²) < 4.78 is 46.8. The molecule has 2 fully saturated rings. The number of benzene rings is 1. The lowest BCUT2D eigenvalue weighted by Gasteiger charge is -2.52. The quantitative estimate of drug-likeness (QED) is 0.286. The first-order valence-corrected chi connectivity index (χ1v) is 16.6. The molecular weight excluding hydrogens is 619 g/mol. The van der Waals surface area contributed by atoms with Crippen LogP contribution in [0.5, 0.6) is 0 Å². The predicted octanol–water partition coefficient (Wildman–Crippen LogP) is 4.76. The minimum Gasteiger partial charge on any atom is -0.390 e. The molecule has 0 amide bonds. The molecule has 0 saturated heterocycles. The first kappa shape index (κ1) is 30.0. The van der Waals surface area contributed by atoms with E-state index in [1.807, 2.05) is 6.08 Å². The lowest BCUT2D eigenvalue weighted by molar-refractivity contribution is -0.0690. The van der Waals surface area contributed by atoms with Crippen molar-refractivity contribution in [3.63, 3.8) is 0 Å². The molecule has 0 bridgehead atoms. The second-order valence-corrected chi connectivity index (χ2v) is 14.9. The SMILES string of the molecule is Cn1ccc(S(=O)(=O)N([C@H]2CCC3=Cc4c(cnn4-c4ccc(F)cc4)C[C@]3(C(=O)c3cc(Cl)ccn3)C2)[C@H]2C[C@@](C)(O)C2)n1. The molecule has 45 heavy (non-hydrogen) atoms. The molecule has 4 aromatic rings. The van der Waals surface area contributed by atoms with Crippen LogP contribution >= 0.6 is 11.6 Å². The van der Waals surface area contributed by atoms with Gasteiger partial charge in [0.2, 0.25) is 0 Å². The van der Waals surface area contributed by atoms with Crippen molar-refractivity contribution in [2.45, 2.75) is 68.2 Å². The molecule has 1 N–H and O–H groups in total. The van der Waals surface area contributed by atoms with Gasteiger partial charge in [-0.2, -0.15) is 14.5 Å². The molecule has 2 atom stereocenters. The zero-order valence-corrected chi connectivity index (χ0v) is 26.3. The number of aromatic nitrogens is 5. The molecule has 0 radical (unpaired) electrons. The molecule has 0 aliphatic heterocycles. The van der Waals surface area contributed by atoms with Crippen LogP contribution in [-0.4, -0.2) is 65.8 Å². The van der Waals surface area contributed by atoms with Crippen LogP contribution in [0.3, 0.4) is 0 Å². The van der Waals surface area contributed by atoms with Gasteiger partial charge in [0, 0.05) is 36.5 Å². The van der Waals surface area contributed by atoms with Crippen LogP contribution in [0.25, 0.3) is 11.8 Å². The van der Waals surface area contributed by atoms with E-state index in [9.17, 15) is 22.7 Å². The number of halogens is 2. The third-order valence-corrected chi connectivity index (χ3v) is 11.5. The first-order valence-electron chi connectivity index (χ1n) is 14.8. The highest BCUT2D eigenvalue weighted by Crippen LogP contribution is 2.53. The summed E-state index contributed by atoms with van der Waals surface area (Å²) >= 11 is 6.30. The van der Waals surface area contributed by atoms with Crippen LogP contribution in [0.15, 0.2) is 71.7 Å². The molecule has 10 nitrogen and oxygen atoms in total. The van der Waals surface area contributed by atoms with E-state index in [1.54, 1.807) is 55.3 Å². The van der Waals surface area contributed by atoms with Gasteiger partial charge in [-0.25, -0.2) is 17.5 Å². The van der Waals surface area contributed by atoms with Gasteiger partial charge in [0.05, 0.1) is 28.6 Å². The summed E-state index contributed by atoms with van der Waals surface area (Å²) in [4.78, 5) is 19.0. The van der Waals surface area contributed by atoms with Crippen LogP contribution < -0.4 is 0 Å². The molecule has 3 aromatic heterocycles. The zero-order chi connectivity index (χ0) is 31.7. The maximum Gasteiger partial charge on any atom is 0.262 e. The summed E-state index contributed by atoms with van der Waals surface area (Å²) in [6, 6.07) is 9.67. The van der Waals surface area contributed by atoms with E-state index in [0.717, 1.165) is 16.8 Å². The molecule has 0 unspecified atom stereocenters. The molecule has 2 saturated carbocycles. The molecule has 13 heteroatoms. The fraction of sp³-hybridized carbons (Fsp3) is 0.375. The molecule has 3 aliphatic carbocycles. The van der Waals surface area contributed by atoms with Crippen LogP contribution in [0, 0.1) is 11.2 Å². The van der Waals surface area contributed by atoms with Gasteiger partial charge in [-0.05, 0) is 99.6 Å². The van der Waals surface area contributed by atoms with Gasteiger partial charge >= 0.3 is 0 Å². The van der Waals surface area contributed by atoms with E-state index in [4.69, 9.17) is 11.6 Å². The number of aliphatic hydroxyl groups is 1. The summed E-state index contributed by atoms with van der Waals surface area (Å²) in [6.07, 6.45) is 8.72. The predicted molar refractivity (Wildman–Crippen MR) is 165 cm³/mol. The van der Waals surface area contributed by atoms with Gasteiger partial charge in [-0.3, -0.25) is 14.5 Å². The van der Waals surface area contributed by atoms with Gasteiger partial charge in [0.1, 0.15) is 11.5 Å². The lowest BCUT2D eigenvalue weighted by atomic mass is 9.60. The minimum atomic E-state index is -4.07. The van der Waals surface area contributed by atoms with Crippen LogP contribution in [0.4, 0.5) is 4.39 Å². The molecule has 7 rings (SSSR count). The Morgan fingerprint density at radius 2 is 1.89 bits per heavy atom. The Morgan fingerprint density at radius 1 is 1.13 bits per heavy atom. The Morgan fingerprint density at radius 3 is 2.56 bits per heavy atom. The normalized spacial score (nSPS) is 26.1. The molecule has 3 aliphatic rings. The van der Waals surface area contributed by atoms with Crippen LogP contribution in [0.2, 0.25) is 5.02 Å². The van der Waals surface area contributed by atoms with Gasteiger partial charge < -0.3 is 5.11 Å². The van der Waals surface area contributed by atoms with E-state index >= 15 is 0 Å². The highest BCUT2D eigenvalue weighted by Gasteiger charge is 2.55. The minimum absolute atomic E-state index is 0.0683. The number of nitrogens with zero attached hydrogens (tertiary/aromatic N) is 6. The second-order valence-electron chi connectivity index (χ2n) is 12.7.